The number of hydrogen-bond acceptors (Lipinski definition) is 1. The second kappa shape index (κ2) is 47.1. The van der Waals surface area contributed by atoms with Crippen LogP contribution in [0.4, 0.5) is 0 Å². The molecule has 0 fully saturated rings. The van der Waals surface area contributed by atoms with Crippen molar-refractivity contribution in [3.63, 3.8) is 0 Å². The molecular weight excluding hydrogens is 157 g/mol. The fourth-order valence-electron chi connectivity index (χ4n) is 0. The summed E-state index contributed by atoms with van der Waals surface area (Å²) >= 11 is 0. The van der Waals surface area contributed by atoms with Crippen LogP contribution in [-0.4, -0.2) is 11.6 Å². The molecule has 0 aliphatic rings. The van der Waals surface area contributed by atoms with Crippen molar-refractivity contribution in [2.45, 2.75) is 6.92 Å². The zero-order valence-corrected chi connectivity index (χ0v) is 6.48. The average Bonchev–Trinajstić information content (AvgIpc) is 1.46. The van der Waals surface area contributed by atoms with Crippen LogP contribution in [0.25, 0.3) is 0 Å². The fourth-order valence-corrected chi connectivity index (χ4v) is 0. The monoisotopic (exact) mass is 163 g/mol. The quantitative estimate of drug-likeness (QED) is 0.526. The Morgan fingerprint density at radius 2 is 1.67 bits per heavy atom. The van der Waals surface area contributed by atoms with Crippen LogP contribution >= 0.6 is 0 Å². The van der Waals surface area contributed by atoms with Gasteiger partial charge in [0.15, 0.2) is 0 Å². The molecule has 1 N–H and O–H groups in total. The van der Waals surface area contributed by atoms with E-state index in [4.69, 9.17) is 9.90 Å². The van der Waals surface area contributed by atoms with Crippen LogP contribution in [-0.2, 0) is 37.5 Å². The van der Waals surface area contributed by atoms with Crippen molar-refractivity contribution in [3.05, 3.63) is 6.92 Å². The van der Waals surface area contributed by atoms with E-state index >= 15 is 0 Å². The van der Waals surface area contributed by atoms with Crippen molar-refractivity contribution in [3.8, 4) is 0 Å². The molecule has 0 unspecified atom stereocenters. The molecule has 0 amide bonds. The Morgan fingerprint density at radius 1 is 1.67 bits per heavy atom. The first kappa shape index (κ1) is 16.0. The van der Waals surface area contributed by atoms with Crippen LogP contribution in [0.2, 0.25) is 0 Å². The number of aliphatic hydroxyl groups excluding tert-OH is 1. The first-order chi connectivity index (χ1) is 2.41. The molecule has 0 aliphatic heterocycles. The van der Waals surface area contributed by atoms with Gasteiger partial charge < -0.3 is 16.8 Å². The molecule has 32 valence electrons. The van der Waals surface area contributed by atoms with Crippen LogP contribution in [0.5, 0.6) is 0 Å². The van der Waals surface area contributed by atoms with E-state index in [0.717, 1.165) is 0 Å². The van der Waals surface area contributed by atoms with Crippen molar-refractivity contribution in [1.29, 1.82) is 0 Å². The normalized spacial score (nSPS) is 3.00. The first-order valence-corrected chi connectivity index (χ1v) is 1.13. The minimum Gasteiger partial charge on any atom is -0.665 e. The van der Waals surface area contributed by atoms with Gasteiger partial charge in [0.1, 0.15) is 0 Å². The van der Waals surface area contributed by atoms with Gasteiger partial charge in [-0.2, -0.15) is 6.92 Å². The van der Waals surface area contributed by atoms with Gasteiger partial charge in [0, 0.05) is 0 Å². The second-order valence-electron chi connectivity index (χ2n) is 0.0913. The molecule has 0 rings (SSSR count). The second-order valence-corrected chi connectivity index (χ2v) is 0.0913. The van der Waals surface area contributed by atoms with Crippen LogP contribution in [0.1, 0.15) is 6.92 Å². The Morgan fingerprint density at radius 3 is 1.67 bits per heavy atom. The fraction of sp³-hybridized carbons (Fsp3) is 0.333. The van der Waals surface area contributed by atoms with Gasteiger partial charge in [0.05, 0.1) is 0 Å². The van der Waals surface area contributed by atoms with Crippen LogP contribution in [0.3, 0.4) is 0 Å². The van der Waals surface area contributed by atoms with E-state index in [1.54, 1.807) is 6.92 Å². The van der Waals surface area contributed by atoms with Crippen molar-refractivity contribution < 1.29 is 42.6 Å². The average molecular weight is 163 g/mol. The maximum Gasteiger partial charge on any atom is 3.00 e. The first-order valence-electron chi connectivity index (χ1n) is 1.13. The van der Waals surface area contributed by atoms with Crippen molar-refractivity contribution in [2.75, 3.05) is 0 Å². The molecule has 0 heterocycles. The standard InChI is InChI=1S/C2H5.CHO2.Y/c1-2;2-1-3;/h1H2,2H3;(H,2,3);/q2*-1;+3. The maximum atomic E-state index is 8.24. The molecular formula is C3H6O2Y+. The third-order valence-corrected chi connectivity index (χ3v) is 0. The molecule has 0 aromatic rings. The molecule has 6 heavy (non-hydrogen) atoms. The third-order valence-electron chi connectivity index (χ3n) is 0. The van der Waals surface area contributed by atoms with E-state index in [1.165, 1.54) is 0 Å². The van der Waals surface area contributed by atoms with Gasteiger partial charge in [-0.05, 0) is 0 Å². The Hall–Kier alpha value is 0.574. The van der Waals surface area contributed by atoms with Crippen molar-refractivity contribution >= 4 is 6.47 Å². The molecule has 0 atom stereocenters. The summed E-state index contributed by atoms with van der Waals surface area (Å²) in [6.45, 7) is 5.50. The van der Waals surface area contributed by atoms with E-state index in [2.05, 4.69) is 6.92 Å². The molecule has 2 nitrogen and oxygen atoms in total. The van der Waals surface area contributed by atoms with E-state index in [0.29, 0.717) is 6.47 Å². The predicted octanol–water partition coefficient (Wildman–Crippen LogP) is 0.449. The van der Waals surface area contributed by atoms with Gasteiger partial charge in [0.25, 0.3) is 0 Å². The minimum atomic E-state index is 0. The summed E-state index contributed by atoms with van der Waals surface area (Å²) in [5.74, 6) is 0. The third kappa shape index (κ3) is 177. The van der Waals surface area contributed by atoms with Crippen molar-refractivity contribution in [1.82, 2.24) is 0 Å². The summed E-state index contributed by atoms with van der Waals surface area (Å²) in [7, 11) is 0. The topological polar surface area (TPSA) is 37.3 Å². The molecule has 0 saturated heterocycles. The largest absolute Gasteiger partial charge is 3.00 e. The summed E-state index contributed by atoms with van der Waals surface area (Å²) in [6, 6.07) is 0. The SMILES string of the molecule is O=[C-]O.[CH2-]C.[Y+3]. The Labute approximate surface area is 62.8 Å². The zero-order valence-electron chi connectivity index (χ0n) is 3.64. The predicted molar refractivity (Wildman–Crippen MR) is 19.4 cm³/mol. The molecule has 0 bridgehead atoms. The molecule has 0 radical (unpaired) electrons. The molecule has 0 aromatic heterocycles. The van der Waals surface area contributed by atoms with Crippen LogP contribution < -0.4 is 0 Å². The number of rotatable bonds is 0. The van der Waals surface area contributed by atoms with Gasteiger partial charge >= 0.3 is 32.7 Å². The van der Waals surface area contributed by atoms with E-state index < -0.39 is 0 Å². The molecule has 0 aromatic carbocycles. The maximum absolute atomic E-state index is 8.24. The van der Waals surface area contributed by atoms with E-state index in [-0.39, 0.29) is 32.7 Å². The molecule has 3 heteroatoms. The van der Waals surface area contributed by atoms with Crippen LogP contribution in [0.15, 0.2) is 0 Å². The molecule has 0 saturated carbocycles. The smallest absolute Gasteiger partial charge is 0.665 e. The summed E-state index contributed by atoms with van der Waals surface area (Å²) < 4.78 is 0. The number of hydrogen-bond donors (Lipinski definition) is 1. The summed E-state index contributed by atoms with van der Waals surface area (Å²) in [5.41, 5.74) is 0. The Balaban J connectivity index is -0.0000000275. The molecule has 0 aliphatic carbocycles. The van der Waals surface area contributed by atoms with Gasteiger partial charge in [0.2, 0.25) is 0 Å². The summed E-state index contributed by atoms with van der Waals surface area (Å²) in [4.78, 5) is 8.24. The Bertz CT molecular complexity index is 16.3. The van der Waals surface area contributed by atoms with Crippen molar-refractivity contribution in [2.24, 2.45) is 0 Å². The van der Waals surface area contributed by atoms with E-state index in [9.17, 15) is 0 Å². The van der Waals surface area contributed by atoms with Gasteiger partial charge in [-0.1, -0.05) is 6.47 Å². The van der Waals surface area contributed by atoms with Gasteiger partial charge in [-0.25, -0.2) is 0 Å². The summed E-state index contributed by atoms with van der Waals surface area (Å²) in [5, 5.41) is 6.76. The van der Waals surface area contributed by atoms with Gasteiger partial charge in [-0.3, -0.25) is 0 Å². The summed E-state index contributed by atoms with van der Waals surface area (Å²) in [6.07, 6.45) is 0. The Kier molecular flexibility index (Phi) is 125. The van der Waals surface area contributed by atoms with Crippen LogP contribution in [0, 0.1) is 6.92 Å². The zero-order chi connectivity index (χ0) is 4.71. The minimum absolute atomic E-state index is 0. The van der Waals surface area contributed by atoms with Gasteiger partial charge in [-0.15, -0.1) is 0 Å². The van der Waals surface area contributed by atoms with E-state index in [1.807, 2.05) is 0 Å². The molecule has 0 spiro atoms.